The van der Waals surface area contributed by atoms with Gasteiger partial charge in [0.1, 0.15) is 29.5 Å². The lowest BCUT2D eigenvalue weighted by Gasteiger charge is -2.12. The van der Waals surface area contributed by atoms with Gasteiger partial charge in [0.05, 0.1) is 19.8 Å². The summed E-state index contributed by atoms with van der Waals surface area (Å²) in [4.78, 5) is 0.869. The molecule has 0 aliphatic rings. The molecule has 0 aliphatic heterocycles. The summed E-state index contributed by atoms with van der Waals surface area (Å²) >= 11 is 8.46. The zero-order chi connectivity index (χ0) is 17.2. The second-order valence-electron chi connectivity index (χ2n) is 4.49. The number of hydrogen-bond acceptors (Lipinski definition) is 5. The Morgan fingerprint density at radius 1 is 1.17 bits per heavy atom. The predicted molar refractivity (Wildman–Crippen MR) is 96.4 cm³/mol. The summed E-state index contributed by atoms with van der Waals surface area (Å²) in [5, 5.41) is 0. The first-order valence-corrected chi connectivity index (χ1v) is 7.65. The molecule has 0 fully saturated rings. The Hall–Kier alpha value is -1.79. The second kappa shape index (κ2) is 10.1. The van der Waals surface area contributed by atoms with Crippen molar-refractivity contribution in [3.8, 4) is 11.5 Å². The Kier molecular flexibility index (Phi) is 8.43. The highest BCUT2D eigenvalue weighted by molar-refractivity contribution is 7.80. The van der Waals surface area contributed by atoms with Crippen molar-refractivity contribution in [3.63, 3.8) is 0 Å². The number of thiocarbonyl (C=S) groups is 1. The number of rotatable bonds is 5. The van der Waals surface area contributed by atoms with Gasteiger partial charge in [-0.15, -0.1) is 12.6 Å². The third-order valence-electron chi connectivity index (χ3n) is 2.92. The SMILES string of the molecule is COC=S.COc1cccc(F)c1COc1ccc(S)cc1C. The smallest absolute Gasteiger partial charge is 0.145 e. The molecule has 0 atom stereocenters. The van der Waals surface area contributed by atoms with Gasteiger partial charge in [-0.05, 0) is 55.0 Å². The fourth-order valence-corrected chi connectivity index (χ4v) is 2.08. The molecule has 0 aromatic heterocycles. The van der Waals surface area contributed by atoms with Crippen molar-refractivity contribution in [2.75, 3.05) is 14.2 Å². The molecule has 124 valence electrons. The minimum absolute atomic E-state index is 0.128. The van der Waals surface area contributed by atoms with Crippen LogP contribution in [0.2, 0.25) is 0 Å². The maximum Gasteiger partial charge on any atom is 0.145 e. The maximum atomic E-state index is 13.7. The Labute approximate surface area is 146 Å². The van der Waals surface area contributed by atoms with Crippen LogP contribution in [0.25, 0.3) is 0 Å². The molecule has 0 saturated heterocycles. The van der Waals surface area contributed by atoms with E-state index in [1.165, 1.54) is 25.8 Å². The normalized spacial score (nSPS) is 9.43. The number of ether oxygens (including phenoxy) is 3. The van der Waals surface area contributed by atoms with Crippen LogP contribution in [-0.4, -0.2) is 19.8 Å². The Balaban J connectivity index is 0.000000593. The second-order valence-corrected chi connectivity index (χ2v) is 5.20. The van der Waals surface area contributed by atoms with Crippen LogP contribution in [0.1, 0.15) is 11.1 Å². The van der Waals surface area contributed by atoms with E-state index in [1.807, 2.05) is 25.1 Å². The Bertz CT molecular complexity index is 648. The monoisotopic (exact) mass is 354 g/mol. The third kappa shape index (κ3) is 6.08. The fraction of sp³-hybridized carbons (Fsp3) is 0.235. The van der Waals surface area contributed by atoms with Gasteiger partial charge in [-0.3, -0.25) is 0 Å². The number of aryl methyl sites for hydroxylation is 1. The maximum absolute atomic E-state index is 13.7. The minimum atomic E-state index is -0.331. The van der Waals surface area contributed by atoms with Gasteiger partial charge < -0.3 is 14.2 Å². The van der Waals surface area contributed by atoms with Crippen LogP contribution < -0.4 is 9.47 Å². The number of thiol groups is 1. The molecular weight excluding hydrogens is 335 g/mol. The molecule has 0 heterocycles. The van der Waals surface area contributed by atoms with Gasteiger partial charge in [0, 0.05) is 4.90 Å². The van der Waals surface area contributed by atoms with E-state index in [9.17, 15) is 4.39 Å². The number of benzene rings is 2. The van der Waals surface area contributed by atoms with E-state index in [1.54, 1.807) is 12.1 Å². The molecule has 23 heavy (non-hydrogen) atoms. The van der Waals surface area contributed by atoms with Crippen molar-refractivity contribution in [1.29, 1.82) is 0 Å². The van der Waals surface area contributed by atoms with Gasteiger partial charge in [0.15, 0.2) is 0 Å². The summed E-state index contributed by atoms with van der Waals surface area (Å²) in [7, 11) is 3.03. The first kappa shape index (κ1) is 19.3. The van der Waals surface area contributed by atoms with E-state index in [-0.39, 0.29) is 12.4 Å². The van der Waals surface area contributed by atoms with E-state index < -0.39 is 0 Å². The van der Waals surface area contributed by atoms with Crippen LogP contribution >= 0.6 is 24.8 Å². The van der Waals surface area contributed by atoms with Crippen molar-refractivity contribution >= 4 is 30.4 Å². The quantitative estimate of drug-likeness (QED) is 0.627. The molecule has 2 aromatic rings. The standard InChI is InChI=1S/C15H15FO2S.C2H4OS/c1-10-8-11(19)6-7-14(10)18-9-12-13(16)4-3-5-15(12)17-2;1-3-2-4/h3-8,19H,9H2,1-2H3;2H,1H3. The summed E-state index contributed by atoms with van der Waals surface area (Å²) in [6.07, 6.45) is 0. The molecule has 0 amide bonds. The molecule has 0 bridgehead atoms. The molecule has 0 saturated carbocycles. The van der Waals surface area contributed by atoms with Crippen molar-refractivity contribution in [1.82, 2.24) is 0 Å². The fourth-order valence-electron chi connectivity index (χ4n) is 1.82. The summed E-state index contributed by atoms with van der Waals surface area (Å²) in [6.45, 7) is 2.05. The average Bonchev–Trinajstić information content (AvgIpc) is 2.55. The lowest BCUT2D eigenvalue weighted by Crippen LogP contribution is -2.02. The molecule has 0 spiro atoms. The minimum Gasteiger partial charge on any atom is -0.496 e. The zero-order valence-corrected chi connectivity index (χ0v) is 14.9. The summed E-state index contributed by atoms with van der Waals surface area (Å²) in [5.41, 5.74) is 2.59. The van der Waals surface area contributed by atoms with Crippen LogP contribution in [0.5, 0.6) is 11.5 Å². The Morgan fingerprint density at radius 3 is 2.43 bits per heavy atom. The summed E-state index contributed by atoms with van der Waals surface area (Å²) < 4.78 is 28.7. The lowest BCUT2D eigenvalue weighted by molar-refractivity contribution is 0.287. The van der Waals surface area contributed by atoms with Crippen molar-refractivity contribution < 1.29 is 18.6 Å². The van der Waals surface area contributed by atoms with E-state index in [0.29, 0.717) is 17.1 Å². The first-order valence-electron chi connectivity index (χ1n) is 6.73. The highest BCUT2D eigenvalue weighted by Crippen LogP contribution is 2.25. The topological polar surface area (TPSA) is 27.7 Å². The lowest BCUT2D eigenvalue weighted by atomic mass is 10.2. The molecule has 0 aliphatic carbocycles. The van der Waals surface area contributed by atoms with E-state index in [4.69, 9.17) is 9.47 Å². The number of halogens is 1. The van der Waals surface area contributed by atoms with E-state index >= 15 is 0 Å². The van der Waals surface area contributed by atoms with Crippen molar-refractivity contribution in [2.45, 2.75) is 18.4 Å². The van der Waals surface area contributed by atoms with Crippen LogP contribution in [0.15, 0.2) is 41.3 Å². The van der Waals surface area contributed by atoms with Crippen LogP contribution in [0, 0.1) is 12.7 Å². The zero-order valence-electron chi connectivity index (χ0n) is 13.2. The highest BCUT2D eigenvalue weighted by atomic mass is 32.1. The van der Waals surface area contributed by atoms with Crippen LogP contribution in [-0.2, 0) is 11.3 Å². The van der Waals surface area contributed by atoms with Crippen LogP contribution in [0.4, 0.5) is 4.39 Å². The molecule has 0 unspecified atom stereocenters. The van der Waals surface area contributed by atoms with Gasteiger partial charge in [-0.2, -0.15) is 0 Å². The molecule has 3 nitrogen and oxygen atoms in total. The summed E-state index contributed by atoms with van der Waals surface area (Å²) in [5.74, 6) is 0.870. The van der Waals surface area contributed by atoms with E-state index in [0.717, 1.165) is 10.5 Å². The van der Waals surface area contributed by atoms with Gasteiger partial charge in [-0.1, -0.05) is 6.07 Å². The molecule has 2 aromatic carbocycles. The molecule has 2 rings (SSSR count). The average molecular weight is 354 g/mol. The van der Waals surface area contributed by atoms with Gasteiger partial charge in [-0.25, -0.2) is 4.39 Å². The van der Waals surface area contributed by atoms with Gasteiger partial charge in [0.2, 0.25) is 0 Å². The van der Waals surface area contributed by atoms with E-state index in [2.05, 4.69) is 29.6 Å². The number of hydrogen-bond donors (Lipinski definition) is 1. The molecular formula is C17H19FO3S2. The largest absolute Gasteiger partial charge is 0.496 e. The Morgan fingerprint density at radius 2 is 1.87 bits per heavy atom. The number of methoxy groups -OCH3 is 2. The van der Waals surface area contributed by atoms with Gasteiger partial charge >= 0.3 is 0 Å². The van der Waals surface area contributed by atoms with Crippen molar-refractivity contribution in [2.24, 2.45) is 0 Å². The molecule has 0 radical (unpaired) electrons. The third-order valence-corrected chi connectivity index (χ3v) is 3.39. The van der Waals surface area contributed by atoms with Crippen LogP contribution in [0.3, 0.4) is 0 Å². The van der Waals surface area contributed by atoms with Gasteiger partial charge in [0.25, 0.3) is 0 Å². The first-order chi connectivity index (χ1) is 11.0. The molecule has 0 N–H and O–H groups in total. The van der Waals surface area contributed by atoms with Crippen molar-refractivity contribution in [3.05, 3.63) is 53.3 Å². The molecule has 6 heteroatoms. The summed E-state index contributed by atoms with van der Waals surface area (Å²) in [6, 6.07) is 10.3. The predicted octanol–water partition coefficient (Wildman–Crippen LogP) is 4.60. The highest BCUT2D eigenvalue weighted by Gasteiger charge is 2.10.